The summed E-state index contributed by atoms with van der Waals surface area (Å²) in [5, 5.41) is 0.728. The molecule has 0 radical (unpaired) electrons. The molecule has 0 aliphatic carbocycles. The number of aryl methyl sites for hydroxylation is 1. The van der Waals surface area contributed by atoms with Crippen LogP contribution in [0.4, 0.5) is 0 Å². The van der Waals surface area contributed by atoms with Crippen molar-refractivity contribution in [1.82, 2.24) is 9.97 Å². The largest absolute Gasteiger partial charge is 0.461 e. The first kappa shape index (κ1) is 17.2. The zero-order valence-corrected chi connectivity index (χ0v) is 15.0. The molecule has 0 spiro atoms. The van der Waals surface area contributed by atoms with Crippen LogP contribution in [0, 0.1) is 13.8 Å². The van der Waals surface area contributed by atoms with E-state index in [1.807, 2.05) is 24.3 Å². The van der Waals surface area contributed by atoms with E-state index in [9.17, 15) is 9.59 Å². The normalized spacial score (nSPS) is 10.8. The Morgan fingerprint density at radius 3 is 2.64 bits per heavy atom. The Hall–Kier alpha value is -2.67. The van der Waals surface area contributed by atoms with Gasteiger partial charge < -0.3 is 14.5 Å². The molecule has 2 heterocycles. The number of fused-ring (bicyclic) bond motifs is 1. The van der Waals surface area contributed by atoms with Crippen molar-refractivity contribution in [2.24, 2.45) is 0 Å². The van der Waals surface area contributed by atoms with Gasteiger partial charge in [-0.25, -0.2) is 14.6 Å². The van der Waals surface area contributed by atoms with E-state index < -0.39 is 11.9 Å². The van der Waals surface area contributed by atoms with Crippen molar-refractivity contribution in [3.63, 3.8) is 0 Å². The lowest BCUT2D eigenvalue weighted by Gasteiger charge is -2.04. The average molecular weight is 358 g/mol. The molecule has 0 atom stereocenters. The van der Waals surface area contributed by atoms with Crippen molar-refractivity contribution in [3.8, 4) is 0 Å². The molecule has 1 aromatic carbocycles. The van der Waals surface area contributed by atoms with E-state index in [0.29, 0.717) is 16.8 Å². The number of H-pyrrole nitrogens is 1. The number of thiazole rings is 1. The molecule has 130 valence electrons. The minimum atomic E-state index is -0.485. The maximum atomic E-state index is 12.5. The molecule has 3 aromatic rings. The molecule has 1 N–H and O–H groups in total. The molecule has 25 heavy (non-hydrogen) atoms. The summed E-state index contributed by atoms with van der Waals surface area (Å²) in [4.78, 5) is 31.7. The third-order valence-electron chi connectivity index (χ3n) is 3.79. The molecule has 0 unspecified atom stereocenters. The van der Waals surface area contributed by atoms with Gasteiger partial charge in [0.15, 0.2) is 0 Å². The summed E-state index contributed by atoms with van der Waals surface area (Å²) in [6.45, 7) is 5.52. The van der Waals surface area contributed by atoms with Crippen LogP contribution >= 0.6 is 11.3 Å². The predicted octanol–water partition coefficient (Wildman–Crippen LogP) is 3.77. The van der Waals surface area contributed by atoms with Crippen LogP contribution < -0.4 is 0 Å². The standard InChI is InChI=1S/C18H18N2O4S/c1-4-23-18(22)16-10(2)15(11(3)19-16)17(21)24-9-14-20-12-7-5-6-8-13(12)25-14/h5-8,19H,4,9H2,1-3H3. The summed E-state index contributed by atoms with van der Waals surface area (Å²) in [5.41, 5.74) is 2.65. The fourth-order valence-electron chi connectivity index (χ4n) is 2.64. The number of benzene rings is 1. The van der Waals surface area contributed by atoms with E-state index in [1.54, 1.807) is 20.8 Å². The van der Waals surface area contributed by atoms with E-state index in [2.05, 4.69) is 9.97 Å². The second-order valence-electron chi connectivity index (χ2n) is 5.50. The maximum Gasteiger partial charge on any atom is 0.355 e. The van der Waals surface area contributed by atoms with E-state index in [0.717, 1.165) is 15.2 Å². The van der Waals surface area contributed by atoms with Gasteiger partial charge in [-0.2, -0.15) is 0 Å². The number of aromatic amines is 1. The molecule has 6 nitrogen and oxygen atoms in total. The van der Waals surface area contributed by atoms with Crippen LogP contribution in [0.15, 0.2) is 24.3 Å². The highest BCUT2D eigenvalue weighted by molar-refractivity contribution is 7.18. The highest BCUT2D eigenvalue weighted by atomic mass is 32.1. The van der Waals surface area contributed by atoms with Crippen LogP contribution in [0.3, 0.4) is 0 Å². The molecular weight excluding hydrogens is 340 g/mol. The highest BCUT2D eigenvalue weighted by Gasteiger charge is 2.24. The lowest BCUT2D eigenvalue weighted by molar-refractivity contribution is 0.0471. The van der Waals surface area contributed by atoms with Crippen LogP contribution in [-0.4, -0.2) is 28.5 Å². The van der Waals surface area contributed by atoms with E-state index in [4.69, 9.17) is 9.47 Å². The van der Waals surface area contributed by atoms with Gasteiger partial charge in [-0.3, -0.25) is 0 Å². The molecule has 0 saturated heterocycles. The zero-order chi connectivity index (χ0) is 18.0. The Labute approximate surface area is 148 Å². The number of carbonyl (C=O) groups excluding carboxylic acids is 2. The van der Waals surface area contributed by atoms with Crippen molar-refractivity contribution < 1.29 is 19.1 Å². The Morgan fingerprint density at radius 2 is 1.92 bits per heavy atom. The smallest absolute Gasteiger partial charge is 0.355 e. The molecule has 0 saturated carbocycles. The van der Waals surface area contributed by atoms with Gasteiger partial charge >= 0.3 is 11.9 Å². The summed E-state index contributed by atoms with van der Waals surface area (Å²) in [5.74, 6) is -0.964. The van der Waals surface area contributed by atoms with Crippen molar-refractivity contribution in [3.05, 3.63) is 51.8 Å². The van der Waals surface area contributed by atoms with Crippen LogP contribution in [0.5, 0.6) is 0 Å². The van der Waals surface area contributed by atoms with Gasteiger partial charge in [0.2, 0.25) is 0 Å². The van der Waals surface area contributed by atoms with Crippen molar-refractivity contribution in [1.29, 1.82) is 0 Å². The molecule has 3 rings (SSSR count). The minimum absolute atomic E-state index is 0.0942. The highest BCUT2D eigenvalue weighted by Crippen LogP contribution is 2.24. The fourth-order valence-corrected chi connectivity index (χ4v) is 3.53. The first-order chi connectivity index (χ1) is 12.0. The van der Waals surface area contributed by atoms with Crippen molar-refractivity contribution in [2.45, 2.75) is 27.4 Å². The SMILES string of the molecule is CCOC(=O)c1[nH]c(C)c(C(=O)OCc2nc3ccccc3s2)c1C. The number of carbonyl (C=O) groups is 2. The Kier molecular flexibility index (Phi) is 4.85. The summed E-state index contributed by atoms with van der Waals surface area (Å²) in [6.07, 6.45) is 0. The lowest BCUT2D eigenvalue weighted by Crippen LogP contribution is -2.09. The maximum absolute atomic E-state index is 12.5. The second-order valence-corrected chi connectivity index (χ2v) is 6.61. The first-order valence-corrected chi connectivity index (χ1v) is 8.70. The fraction of sp³-hybridized carbons (Fsp3) is 0.278. The summed E-state index contributed by atoms with van der Waals surface area (Å²) < 4.78 is 11.4. The number of hydrogen-bond acceptors (Lipinski definition) is 6. The van der Waals surface area contributed by atoms with Gasteiger partial charge in [-0.05, 0) is 38.5 Å². The molecular formula is C18H18N2O4S. The molecule has 0 aliphatic heterocycles. The molecule has 0 fully saturated rings. The number of aromatic nitrogens is 2. The monoisotopic (exact) mass is 358 g/mol. The Bertz CT molecular complexity index is 909. The summed E-state index contributed by atoms with van der Waals surface area (Å²) >= 11 is 1.49. The molecule has 0 aliphatic rings. The van der Waals surface area contributed by atoms with E-state index in [-0.39, 0.29) is 18.9 Å². The lowest BCUT2D eigenvalue weighted by atomic mass is 10.1. The molecule has 2 aromatic heterocycles. The summed E-state index contributed by atoms with van der Waals surface area (Å²) in [7, 11) is 0. The minimum Gasteiger partial charge on any atom is -0.461 e. The predicted molar refractivity (Wildman–Crippen MR) is 95.0 cm³/mol. The number of ether oxygens (including phenoxy) is 2. The van der Waals surface area contributed by atoms with Crippen molar-refractivity contribution in [2.75, 3.05) is 6.61 Å². The summed E-state index contributed by atoms with van der Waals surface area (Å²) in [6, 6.07) is 7.76. The Morgan fingerprint density at radius 1 is 1.16 bits per heavy atom. The third kappa shape index (κ3) is 3.41. The second kappa shape index (κ2) is 7.06. The van der Waals surface area contributed by atoms with Crippen LogP contribution in [0.2, 0.25) is 0 Å². The van der Waals surface area contributed by atoms with Gasteiger partial charge in [0.1, 0.15) is 17.3 Å². The quantitative estimate of drug-likeness (QED) is 0.702. The third-order valence-corrected chi connectivity index (χ3v) is 4.80. The van der Waals surface area contributed by atoms with Gasteiger partial charge in [-0.1, -0.05) is 12.1 Å². The van der Waals surface area contributed by atoms with Gasteiger partial charge in [0.05, 0.1) is 22.4 Å². The number of hydrogen-bond donors (Lipinski definition) is 1. The molecule has 7 heteroatoms. The van der Waals surface area contributed by atoms with Gasteiger partial charge in [0.25, 0.3) is 0 Å². The Balaban J connectivity index is 1.76. The van der Waals surface area contributed by atoms with Gasteiger partial charge in [-0.15, -0.1) is 11.3 Å². The van der Waals surface area contributed by atoms with E-state index >= 15 is 0 Å². The number of nitrogens with one attached hydrogen (secondary N) is 1. The van der Waals surface area contributed by atoms with Gasteiger partial charge in [0, 0.05) is 5.69 Å². The van der Waals surface area contributed by atoms with Crippen molar-refractivity contribution >= 4 is 33.5 Å². The van der Waals surface area contributed by atoms with Crippen LogP contribution in [0.1, 0.15) is 44.0 Å². The van der Waals surface area contributed by atoms with Crippen LogP contribution in [-0.2, 0) is 16.1 Å². The number of para-hydroxylation sites is 1. The number of rotatable bonds is 5. The zero-order valence-electron chi connectivity index (χ0n) is 14.2. The topological polar surface area (TPSA) is 81.3 Å². The number of nitrogens with zero attached hydrogens (tertiary/aromatic N) is 1. The number of esters is 2. The van der Waals surface area contributed by atoms with Crippen LogP contribution in [0.25, 0.3) is 10.2 Å². The van der Waals surface area contributed by atoms with E-state index in [1.165, 1.54) is 11.3 Å². The first-order valence-electron chi connectivity index (χ1n) is 7.89. The molecule has 0 amide bonds. The molecule has 0 bridgehead atoms. The average Bonchev–Trinajstić information content (AvgIpc) is 3.13.